The van der Waals surface area contributed by atoms with E-state index in [4.69, 9.17) is 29.8 Å². The first-order valence-corrected chi connectivity index (χ1v) is 18.7. The van der Waals surface area contributed by atoms with Gasteiger partial charge in [0.2, 0.25) is 11.9 Å². The highest BCUT2D eigenvalue weighted by Gasteiger charge is 2.45. The van der Waals surface area contributed by atoms with E-state index in [9.17, 15) is 22.9 Å². The molecule has 6 heterocycles. The van der Waals surface area contributed by atoms with Crippen molar-refractivity contribution in [2.75, 3.05) is 18.5 Å². The molecule has 0 spiro atoms. The molecular weight excluding hydrogens is 679 g/mol. The summed E-state index contributed by atoms with van der Waals surface area (Å²) in [6.45, 7) is -0.794. The van der Waals surface area contributed by atoms with Crippen molar-refractivity contribution in [2.45, 2.75) is 63.7 Å². The number of aromatic amines is 1. The highest BCUT2D eigenvalue weighted by molar-refractivity contribution is 8.07. The van der Waals surface area contributed by atoms with Crippen LogP contribution in [-0.4, -0.2) is 89.7 Å². The minimum absolute atomic E-state index is 0.00517. The zero-order chi connectivity index (χ0) is 33.1. The number of H-pyrrole nitrogens is 1. The van der Waals surface area contributed by atoms with Gasteiger partial charge < -0.3 is 23.2 Å². The Morgan fingerprint density at radius 3 is 2.77 bits per heavy atom. The average molecular weight is 711 g/mol. The predicted molar refractivity (Wildman–Crippen MR) is 166 cm³/mol. The minimum Gasteiger partial charge on any atom is -0.349 e. The van der Waals surface area contributed by atoms with Gasteiger partial charge >= 0.3 is 17.0 Å². The van der Waals surface area contributed by atoms with Crippen molar-refractivity contribution in [3.8, 4) is 0 Å². The van der Waals surface area contributed by atoms with Gasteiger partial charge in [0, 0.05) is 30.8 Å². The number of rotatable bonds is 4. The maximum atomic E-state index is 13.3. The zero-order valence-electron chi connectivity index (χ0n) is 25.0. The van der Waals surface area contributed by atoms with Crippen LogP contribution in [-0.2, 0) is 44.9 Å². The number of ether oxygens (including phenoxy) is 1. The molecule has 252 valence electrons. The van der Waals surface area contributed by atoms with Crippen molar-refractivity contribution in [2.24, 2.45) is 11.8 Å². The molecule has 1 aliphatic carbocycles. The lowest BCUT2D eigenvalue weighted by Crippen LogP contribution is -2.37. The summed E-state index contributed by atoms with van der Waals surface area (Å²) in [5.74, 6) is -1.30. The average Bonchev–Trinajstić information content (AvgIpc) is 3.79. The first kappa shape index (κ1) is 32.3. The molecule has 1 saturated carbocycles. The first-order valence-electron chi connectivity index (χ1n) is 14.7. The third-order valence-corrected chi connectivity index (χ3v) is 10.9. The van der Waals surface area contributed by atoms with Crippen molar-refractivity contribution >= 4 is 63.0 Å². The summed E-state index contributed by atoms with van der Waals surface area (Å²) in [5, 5.41) is 2.54. The minimum atomic E-state index is -4.37. The van der Waals surface area contributed by atoms with Gasteiger partial charge in [-0.2, -0.15) is 18.1 Å². The lowest BCUT2D eigenvalue weighted by Gasteiger charge is -2.26. The van der Waals surface area contributed by atoms with Crippen LogP contribution >= 0.6 is 6.72 Å². The Balaban J connectivity index is 1.16. The number of carbonyl (C=O) groups is 1. The number of amides is 1. The third-order valence-electron chi connectivity index (χ3n) is 8.32. The molecule has 1 amide bonds. The first-order chi connectivity index (χ1) is 22.4. The van der Waals surface area contributed by atoms with E-state index >= 15 is 0 Å². The Labute approximate surface area is 271 Å². The van der Waals surface area contributed by atoms with Gasteiger partial charge in [-0.25, -0.2) is 24.1 Å². The van der Waals surface area contributed by atoms with Crippen molar-refractivity contribution < 1.29 is 36.1 Å². The zero-order valence-corrected chi connectivity index (χ0v) is 27.5. The standard InChI is InChI=1S/C25H31N10O9PS2/c1-12(2)22(36)32-25-31-21-19(23(37)33-25)29-11-35(21)24-18-5-15(42-24)8-41-45(38,46)43-17-4-14(3-13(17)6-30-47(39,40)44-18)34-10-28-16-7-26-9-27-20(16)34/h7,9-15,17-18,24,30H,3-6,8H2,1-2H3,(H,38,46)(H2,31,32,33,36,37)/t13-,14-,15+,17+,18-,24+,45?/m1/s1. The molecule has 4 aromatic heterocycles. The monoisotopic (exact) mass is 710 g/mol. The van der Waals surface area contributed by atoms with Gasteiger partial charge in [0.1, 0.15) is 17.9 Å². The van der Waals surface area contributed by atoms with Gasteiger partial charge in [-0.3, -0.25) is 24.5 Å². The molecule has 2 aliphatic heterocycles. The molecule has 0 aromatic carbocycles. The van der Waals surface area contributed by atoms with Gasteiger partial charge in [-0.1, -0.05) is 13.8 Å². The molecular formula is C25H31N10O9PS2. The van der Waals surface area contributed by atoms with E-state index in [1.807, 2.05) is 4.57 Å². The van der Waals surface area contributed by atoms with Crippen LogP contribution in [0.4, 0.5) is 5.95 Å². The summed E-state index contributed by atoms with van der Waals surface area (Å²) >= 11 is 5.37. The summed E-state index contributed by atoms with van der Waals surface area (Å²) in [4.78, 5) is 59.7. The van der Waals surface area contributed by atoms with Crippen LogP contribution in [0.15, 0.2) is 30.0 Å². The lowest BCUT2D eigenvalue weighted by atomic mass is 10.1. The number of hydrogen-bond donors (Lipinski definition) is 4. The van der Waals surface area contributed by atoms with Crippen LogP contribution in [0.5, 0.6) is 0 Å². The number of nitrogens with one attached hydrogen (secondary N) is 3. The summed E-state index contributed by atoms with van der Waals surface area (Å²) in [7, 11) is -4.37. The van der Waals surface area contributed by atoms with Crippen LogP contribution in [0.2, 0.25) is 0 Å². The fourth-order valence-electron chi connectivity index (χ4n) is 6.05. The second kappa shape index (κ2) is 12.3. The fraction of sp³-hybridized carbons (Fsp3) is 0.560. The number of imidazole rings is 2. The third kappa shape index (κ3) is 6.59. The molecule has 3 aliphatic rings. The Morgan fingerprint density at radius 2 is 1.96 bits per heavy atom. The summed E-state index contributed by atoms with van der Waals surface area (Å²) in [6.07, 6.45) is 3.02. The van der Waals surface area contributed by atoms with Gasteiger partial charge in [0.15, 0.2) is 23.0 Å². The molecule has 7 rings (SSSR count). The van der Waals surface area contributed by atoms with Crippen molar-refractivity contribution in [3.05, 3.63) is 35.5 Å². The molecule has 0 radical (unpaired) electrons. The van der Waals surface area contributed by atoms with Crippen LogP contribution < -0.4 is 15.6 Å². The highest BCUT2D eigenvalue weighted by atomic mass is 32.5. The van der Waals surface area contributed by atoms with Gasteiger partial charge in [-0.15, -0.1) is 0 Å². The van der Waals surface area contributed by atoms with Crippen LogP contribution in [0, 0.1) is 11.8 Å². The Hall–Kier alpha value is -3.27. The van der Waals surface area contributed by atoms with E-state index in [0.717, 1.165) is 0 Å². The highest BCUT2D eigenvalue weighted by Crippen LogP contribution is 2.51. The SMILES string of the molecule is CC(C)C(=O)Nc1nc2c(ncn2[C@H]2O[C@@H]3COP(O)(=S)O[C@H]4C[C@H](n5cnc6cncnc65)C[C@@H]4CNS(=O)(=O)O[C@@H]2C3)c(=O)[nH]1. The summed E-state index contributed by atoms with van der Waals surface area (Å²) in [6, 6.07) is -0.192. The van der Waals surface area contributed by atoms with E-state index < -0.39 is 53.0 Å². The normalized spacial score (nSPS) is 31.3. The van der Waals surface area contributed by atoms with Crippen molar-refractivity contribution in [1.29, 1.82) is 0 Å². The number of aromatic nitrogens is 8. The maximum Gasteiger partial charge on any atom is 0.336 e. The van der Waals surface area contributed by atoms with Crippen molar-refractivity contribution in [3.63, 3.8) is 0 Å². The molecule has 1 unspecified atom stereocenters. The van der Waals surface area contributed by atoms with E-state index in [0.29, 0.717) is 24.0 Å². The number of anilines is 1. The van der Waals surface area contributed by atoms with Gasteiger partial charge in [-0.05, 0) is 24.6 Å². The van der Waals surface area contributed by atoms with Crippen LogP contribution in [0.1, 0.15) is 45.4 Å². The molecule has 22 heteroatoms. The number of fused-ring (bicyclic) bond motifs is 5. The predicted octanol–water partition coefficient (Wildman–Crippen LogP) is 0.644. The summed E-state index contributed by atoms with van der Waals surface area (Å²) in [5.41, 5.74) is 0.543. The summed E-state index contributed by atoms with van der Waals surface area (Å²) < 4.78 is 55.9. The molecule has 19 nitrogen and oxygen atoms in total. The van der Waals surface area contributed by atoms with Gasteiger partial charge in [0.25, 0.3) is 5.56 Å². The largest absolute Gasteiger partial charge is 0.349 e. The Bertz CT molecular complexity index is 2050. The number of hydrogen-bond acceptors (Lipinski definition) is 14. The molecule has 47 heavy (non-hydrogen) atoms. The maximum absolute atomic E-state index is 13.3. The Morgan fingerprint density at radius 1 is 1.15 bits per heavy atom. The van der Waals surface area contributed by atoms with E-state index in [-0.39, 0.29) is 54.6 Å². The second-order valence-electron chi connectivity index (χ2n) is 11.9. The fourth-order valence-corrected chi connectivity index (χ4v) is 8.57. The second-order valence-corrected chi connectivity index (χ2v) is 16.1. The van der Waals surface area contributed by atoms with E-state index in [1.54, 1.807) is 26.4 Å². The molecule has 3 fully saturated rings. The number of carbonyl (C=O) groups excluding carboxylic acids is 1. The van der Waals surface area contributed by atoms with Crippen LogP contribution in [0.3, 0.4) is 0 Å². The topological polar surface area (TPSA) is 240 Å². The van der Waals surface area contributed by atoms with Crippen molar-refractivity contribution in [1.82, 2.24) is 43.8 Å². The molecule has 4 aromatic rings. The van der Waals surface area contributed by atoms with E-state index in [2.05, 4.69) is 39.9 Å². The van der Waals surface area contributed by atoms with E-state index in [1.165, 1.54) is 17.2 Å². The molecule has 2 bridgehead atoms. The smallest absolute Gasteiger partial charge is 0.336 e. The Kier molecular flexibility index (Phi) is 8.46. The molecule has 4 N–H and O–H groups in total. The number of nitrogens with zero attached hydrogens (tertiary/aromatic N) is 7. The molecule has 7 atom stereocenters. The quantitative estimate of drug-likeness (QED) is 0.213. The van der Waals surface area contributed by atoms with Crippen LogP contribution in [0.25, 0.3) is 22.3 Å². The lowest BCUT2D eigenvalue weighted by molar-refractivity contribution is -0.118. The molecule has 2 saturated heterocycles. The van der Waals surface area contributed by atoms with Gasteiger partial charge in [0.05, 0.1) is 37.7 Å².